The largest absolute Gasteiger partial charge is 0.493 e. The molecule has 0 bridgehead atoms. The molecule has 2 aromatic carbocycles. The third kappa shape index (κ3) is 4.77. The van der Waals surface area contributed by atoms with Crippen LogP contribution in [0.15, 0.2) is 36.4 Å². The van der Waals surface area contributed by atoms with Crippen molar-refractivity contribution in [1.29, 1.82) is 0 Å². The molecule has 1 unspecified atom stereocenters. The van der Waals surface area contributed by atoms with Crippen LogP contribution in [-0.4, -0.2) is 13.7 Å². The molecule has 0 heterocycles. The monoisotopic (exact) mass is 353 g/mol. The molecule has 0 aromatic heterocycles. The highest BCUT2D eigenvalue weighted by atomic mass is 35.5. The number of methoxy groups -OCH3 is 1. The summed E-state index contributed by atoms with van der Waals surface area (Å²) in [5.41, 5.74) is 2.22. The summed E-state index contributed by atoms with van der Waals surface area (Å²) < 4.78 is 10.9. The molecule has 0 radical (unpaired) electrons. The quantitative estimate of drug-likeness (QED) is 0.737. The van der Waals surface area contributed by atoms with Gasteiger partial charge in [-0.1, -0.05) is 35.3 Å². The summed E-state index contributed by atoms with van der Waals surface area (Å²) in [5, 5.41) is 4.76. The molecular formula is C18H21Cl2NO2. The molecule has 0 fully saturated rings. The number of benzene rings is 2. The number of nitrogens with one attached hydrogen (secondary N) is 1. The van der Waals surface area contributed by atoms with Crippen molar-refractivity contribution in [3.05, 3.63) is 57.6 Å². The van der Waals surface area contributed by atoms with E-state index in [0.717, 1.165) is 10.6 Å². The third-order valence-electron chi connectivity index (χ3n) is 3.56. The van der Waals surface area contributed by atoms with Crippen molar-refractivity contribution in [3.63, 3.8) is 0 Å². The first-order valence-electron chi connectivity index (χ1n) is 7.53. The zero-order valence-corrected chi connectivity index (χ0v) is 15.0. The first-order chi connectivity index (χ1) is 11.0. The lowest BCUT2D eigenvalue weighted by molar-refractivity contribution is 0.311. The molecule has 5 heteroatoms. The van der Waals surface area contributed by atoms with E-state index in [2.05, 4.69) is 12.2 Å². The molecule has 23 heavy (non-hydrogen) atoms. The summed E-state index contributed by atoms with van der Waals surface area (Å²) in [6.45, 7) is 5.24. The van der Waals surface area contributed by atoms with Crippen LogP contribution in [0.5, 0.6) is 11.5 Å². The lowest BCUT2D eigenvalue weighted by atomic mass is 10.1. The number of hydrogen-bond acceptors (Lipinski definition) is 3. The van der Waals surface area contributed by atoms with E-state index in [1.165, 1.54) is 5.56 Å². The van der Waals surface area contributed by atoms with Gasteiger partial charge in [-0.05, 0) is 49.2 Å². The van der Waals surface area contributed by atoms with Gasteiger partial charge >= 0.3 is 0 Å². The SMILES string of the molecule is CCOc1c(Cl)cc(CNC(C)c2ccc(Cl)cc2)cc1OC. The van der Waals surface area contributed by atoms with Crippen LogP contribution < -0.4 is 14.8 Å². The summed E-state index contributed by atoms with van der Waals surface area (Å²) in [4.78, 5) is 0. The van der Waals surface area contributed by atoms with Gasteiger partial charge < -0.3 is 14.8 Å². The maximum Gasteiger partial charge on any atom is 0.179 e. The Bertz CT molecular complexity index is 644. The number of rotatable bonds is 7. The van der Waals surface area contributed by atoms with Gasteiger partial charge in [0.25, 0.3) is 0 Å². The van der Waals surface area contributed by atoms with Gasteiger partial charge in [-0.3, -0.25) is 0 Å². The second kappa shape index (κ2) is 8.44. The van der Waals surface area contributed by atoms with Crippen LogP contribution in [0, 0.1) is 0 Å². The third-order valence-corrected chi connectivity index (χ3v) is 4.09. The van der Waals surface area contributed by atoms with Crippen LogP contribution >= 0.6 is 23.2 Å². The van der Waals surface area contributed by atoms with Gasteiger partial charge in [0.05, 0.1) is 18.7 Å². The molecule has 3 nitrogen and oxygen atoms in total. The van der Waals surface area contributed by atoms with Crippen LogP contribution in [0.1, 0.15) is 31.0 Å². The van der Waals surface area contributed by atoms with Gasteiger partial charge in [0.2, 0.25) is 0 Å². The number of halogens is 2. The van der Waals surface area contributed by atoms with E-state index in [1.807, 2.05) is 43.3 Å². The topological polar surface area (TPSA) is 30.5 Å². The molecular weight excluding hydrogens is 333 g/mol. The average molecular weight is 354 g/mol. The Balaban J connectivity index is 2.08. The summed E-state index contributed by atoms with van der Waals surface area (Å²) in [6.07, 6.45) is 0. The maximum atomic E-state index is 6.29. The molecule has 0 spiro atoms. The zero-order valence-electron chi connectivity index (χ0n) is 13.5. The highest BCUT2D eigenvalue weighted by Gasteiger charge is 2.12. The summed E-state index contributed by atoms with van der Waals surface area (Å²) in [5.74, 6) is 1.24. The molecule has 1 N–H and O–H groups in total. The summed E-state index contributed by atoms with van der Waals surface area (Å²) >= 11 is 12.2. The molecule has 0 amide bonds. The van der Waals surface area contributed by atoms with Crippen molar-refractivity contribution in [1.82, 2.24) is 5.32 Å². The van der Waals surface area contributed by atoms with E-state index < -0.39 is 0 Å². The normalized spacial score (nSPS) is 12.0. The Morgan fingerprint density at radius 3 is 2.43 bits per heavy atom. The minimum atomic E-state index is 0.198. The Kier molecular flexibility index (Phi) is 6.58. The molecule has 0 saturated heterocycles. The molecule has 0 aliphatic rings. The van der Waals surface area contributed by atoms with Crippen LogP contribution in [0.2, 0.25) is 10.0 Å². The first kappa shape index (κ1) is 17.9. The van der Waals surface area contributed by atoms with E-state index in [0.29, 0.717) is 29.7 Å². The fourth-order valence-corrected chi connectivity index (χ4v) is 2.71. The van der Waals surface area contributed by atoms with Crippen molar-refractivity contribution in [2.45, 2.75) is 26.4 Å². The highest BCUT2D eigenvalue weighted by Crippen LogP contribution is 2.36. The van der Waals surface area contributed by atoms with E-state index in [-0.39, 0.29) is 6.04 Å². The molecule has 124 valence electrons. The molecule has 2 aromatic rings. The van der Waals surface area contributed by atoms with Crippen LogP contribution in [0.4, 0.5) is 0 Å². The van der Waals surface area contributed by atoms with E-state index >= 15 is 0 Å². The fourth-order valence-electron chi connectivity index (χ4n) is 2.30. The summed E-state index contributed by atoms with van der Waals surface area (Å²) in [7, 11) is 1.61. The van der Waals surface area contributed by atoms with Crippen LogP contribution in [0.3, 0.4) is 0 Å². The highest BCUT2D eigenvalue weighted by molar-refractivity contribution is 6.32. The number of hydrogen-bond donors (Lipinski definition) is 1. The molecule has 1 atom stereocenters. The van der Waals surface area contributed by atoms with Gasteiger partial charge in [-0.25, -0.2) is 0 Å². The molecule has 0 aliphatic heterocycles. The lowest BCUT2D eigenvalue weighted by Crippen LogP contribution is -2.18. The standard InChI is InChI=1S/C18H21Cl2NO2/c1-4-23-18-16(20)9-13(10-17(18)22-3)11-21-12(2)14-5-7-15(19)8-6-14/h5-10,12,21H,4,11H2,1-3H3. The van der Waals surface area contributed by atoms with E-state index in [9.17, 15) is 0 Å². The molecule has 0 aliphatic carbocycles. The Labute approximate surface area is 147 Å². The van der Waals surface area contributed by atoms with Gasteiger partial charge in [-0.2, -0.15) is 0 Å². The molecule has 2 rings (SSSR count). The predicted molar refractivity (Wildman–Crippen MR) is 95.9 cm³/mol. The van der Waals surface area contributed by atoms with Crippen molar-refractivity contribution >= 4 is 23.2 Å². The zero-order chi connectivity index (χ0) is 16.8. The van der Waals surface area contributed by atoms with Gasteiger partial charge in [0.15, 0.2) is 11.5 Å². The second-order valence-electron chi connectivity index (χ2n) is 5.20. The molecule has 0 saturated carbocycles. The van der Waals surface area contributed by atoms with Crippen LogP contribution in [0.25, 0.3) is 0 Å². The lowest BCUT2D eigenvalue weighted by Gasteiger charge is -2.17. The van der Waals surface area contributed by atoms with Crippen LogP contribution in [-0.2, 0) is 6.54 Å². The Hall–Kier alpha value is -1.42. The van der Waals surface area contributed by atoms with E-state index in [4.69, 9.17) is 32.7 Å². The Morgan fingerprint density at radius 2 is 1.83 bits per heavy atom. The van der Waals surface area contributed by atoms with Gasteiger partial charge in [-0.15, -0.1) is 0 Å². The van der Waals surface area contributed by atoms with E-state index in [1.54, 1.807) is 7.11 Å². The average Bonchev–Trinajstić information content (AvgIpc) is 2.55. The smallest absolute Gasteiger partial charge is 0.179 e. The summed E-state index contributed by atoms with van der Waals surface area (Å²) in [6, 6.07) is 11.9. The van der Waals surface area contributed by atoms with Gasteiger partial charge in [0, 0.05) is 17.6 Å². The van der Waals surface area contributed by atoms with Crippen molar-refractivity contribution in [2.24, 2.45) is 0 Å². The van der Waals surface area contributed by atoms with Crippen molar-refractivity contribution < 1.29 is 9.47 Å². The fraction of sp³-hybridized carbons (Fsp3) is 0.333. The van der Waals surface area contributed by atoms with Crippen molar-refractivity contribution in [2.75, 3.05) is 13.7 Å². The van der Waals surface area contributed by atoms with Gasteiger partial charge in [0.1, 0.15) is 0 Å². The minimum absolute atomic E-state index is 0.198. The number of ether oxygens (including phenoxy) is 2. The maximum absolute atomic E-state index is 6.29. The van der Waals surface area contributed by atoms with Crippen molar-refractivity contribution in [3.8, 4) is 11.5 Å². The second-order valence-corrected chi connectivity index (χ2v) is 6.04. The first-order valence-corrected chi connectivity index (χ1v) is 8.28. The Morgan fingerprint density at radius 1 is 1.13 bits per heavy atom. The minimum Gasteiger partial charge on any atom is -0.493 e. The predicted octanol–water partition coefficient (Wildman–Crippen LogP) is 5.25.